The first-order valence-electron chi connectivity index (χ1n) is 7.93. The van der Waals surface area contributed by atoms with Crippen LogP contribution in [-0.2, 0) is 10.3 Å². The second-order valence-electron chi connectivity index (χ2n) is 7.57. The molecule has 2 heterocycles. The summed E-state index contributed by atoms with van der Waals surface area (Å²) in [5.41, 5.74) is -1.44. The molecule has 2 aliphatic rings. The fraction of sp³-hybridized carbons (Fsp3) is 0.647. The number of ether oxygens (including phenoxy) is 1. The highest BCUT2D eigenvalue weighted by Gasteiger charge is 2.56. The van der Waals surface area contributed by atoms with E-state index in [-0.39, 0.29) is 23.8 Å². The molecule has 0 spiro atoms. The minimum Gasteiger partial charge on any atom is -0.444 e. The lowest BCUT2D eigenvalue weighted by Gasteiger charge is -2.37. The molecule has 0 radical (unpaired) electrons. The summed E-state index contributed by atoms with van der Waals surface area (Å²) in [7, 11) is 0. The SMILES string of the molecule is CC(=O)c1ccc(C2(O)CC3CC2CN3C(=O)OC(C)(C)C)s1. The second kappa shape index (κ2) is 5.31. The Morgan fingerprint density at radius 2 is 2.09 bits per heavy atom. The molecule has 1 aromatic rings. The largest absolute Gasteiger partial charge is 0.444 e. The molecule has 126 valence electrons. The van der Waals surface area contributed by atoms with Gasteiger partial charge in [0.15, 0.2) is 5.78 Å². The summed E-state index contributed by atoms with van der Waals surface area (Å²) >= 11 is 1.36. The van der Waals surface area contributed by atoms with Crippen molar-refractivity contribution in [1.29, 1.82) is 0 Å². The lowest BCUT2D eigenvalue weighted by Crippen LogP contribution is -2.47. The molecule has 2 fully saturated rings. The van der Waals surface area contributed by atoms with Crippen LogP contribution in [0.2, 0.25) is 0 Å². The minimum atomic E-state index is -0.929. The van der Waals surface area contributed by atoms with Gasteiger partial charge in [-0.25, -0.2) is 4.79 Å². The molecule has 0 aromatic carbocycles. The number of carbonyl (C=O) groups is 2. The Labute approximate surface area is 140 Å². The highest BCUT2D eigenvalue weighted by molar-refractivity contribution is 7.14. The Bertz CT molecular complexity index is 647. The van der Waals surface area contributed by atoms with Gasteiger partial charge in [-0.05, 0) is 46.2 Å². The first-order chi connectivity index (χ1) is 10.6. The molecule has 5 nitrogen and oxygen atoms in total. The summed E-state index contributed by atoms with van der Waals surface area (Å²) in [6.07, 6.45) is 0.986. The molecule has 1 aliphatic carbocycles. The van der Waals surface area contributed by atoms with Gasteiger partial charge in [0, 0.05) is 29.8 Å². The van der Waals surface area contributed by atoms with Crippen LogP contribution in [0.1, 0.15) is 55.1 Å². The number of ketones is 1. The molecule has 3 unspecified atom stereocenters. The standard InChI is InChI=1S/C17H23NO4S/c1-10(19)13-5-6-14(23-13)17(21)8-12-7-11(17)9-18(12)15(20)22-16(2,3)4/h5-6,11-12,21H,7-9H2,1-4H3. The van der Waals surface area contributed by atoms with Crippen LogP contribution in [0.3, 0.4) is 0 Å². The molecule has 1 aliphatic heterocycles. The summed E-state index contributed by atoms with van der Waals surface area (Å²) in [5, 5.41) is 11.1. The number of Topliss-reactive ketones (excluding diaryl/α,β-unsaturated/α-hetero) is 1. The van der Waals surface area contributed by atoms with Gasteiger partial charge in [0.1, 0.15) is 11.2 Å². The van der Waals surface area contributed by atoms with Crippen molar-refractivity contribution in [2.45, 2.75) is 57.8 Å². The Balaban J connectivity index is 1.74. The van der Waals surface area contributed by atoms with Crippen LogP contribution in [0, 0.1) is 5.92 Å². The van der Waals surface area contributed by atoms with E-state index in [0.717, 1.165) is 11.3 Å². The van der Waals surface area contributed by atoms with Gasteiger partial charge in [-0.1, -0.05) is 0 Å². The summed E-state index contributed by atoms with van der Waals surface area (Å²) < 4.78 is 5.45. The Morgan fingerprint density at radius 1 is 1.39 bits per heavy atom. The molecule has 3 atom stereocenters. The number of rotatable bonds is 2. The molecule has 2 bridgehead atoms. The number of nitrogens with zero attached hydrogens (tertiary/aromatic N) is 1. The minimum absolute atomic E-state index is 0.00141. The van der Waals surface area contributed by atoms with E-state index in [0.29, 0.717) is 17.8 Å². The average Bonchev–Trinajstić information content (AvgIpc) is 3.09. The summed E-state index contributed by atoms with van der Waals surface area (Å²) in [6.45, 7) is 7.59. The van der Waals surface area contributed by atoms with E-state index < -0.39 is 11.2 Å². The zero-order valence-electron chi connectivity index (χ0n) is 14.0. The van der Waals surface area contributed by atoms with Crippen molar-refractivity contribution in [3.05, 3.63) is 21.9 Å². The Kier molecular flexibility index (Phi) is 3.80. The highest BCUT2D eigenvalue weighted by atomic mass is 32.1. The first kappa shape index (κ1) is 16.5. The second-order valence-corrected chi connectivity index (χ2v) is 8.65. The van der Waals surface area contributed by atoms with E-state index in [4.69, 9.17) is 4.74 Å². The van der Waals surface area contributed by atoms with Crippen molar-refractivity contribution in [2.75, 3.05) is 6.54 Å². The summed E-state index contributed by atoms with van der Waals surface area (Å²) in [4.78, 5) is 27.0. The number of hydrogen-bond acceptors (Lipinski definition) is 5. The van der Waals surface area contributed by atoms with Gasteiger partial charge in [0.2, 0.25) is 0 Å². The number of piperidine rings is 1. The van der Waals surface area contributed by atoms with Gasteiger partial charge in [-0.15, -0.1) is 11.3 Å². The van der Waals surface area contributed by atoms with Gasteiger partial charge >= 0.3 is 6.09 Å². The molecule has 6 heteroatoms. The topological polar surface area (TPSA) is 66.8 Å². The first-order valence-corrected chi connectivity index (χ1v) is 8.75. The summed E-state index contributed by atoms with van der Waals surface area (Å²) in [6, 6.07) is 3.63. The monoisotopic (exact) mass is 337 g/mol. The molecule has 1 amide bonds. The van der Waals surface area contributed by atoms with E-state index in [9.17, 15) is 14.7 Å². The molecular weight excluding hydrogens is 314 g/mol. The fourth-order valence-corrected chi connectivity index (χ4v) is 4.67. The maximum Gasteiger partial charge on any atom is 0.410 e. The number of fused-ring (bicyclic) bond motifs is 2. The van der Waals surface area contributed by atoms with E-state index in [1.807, 2.05) is 26.8 Å². The van der Waals surface area contributed by atoms with Gasteiger partial charge in [-0.3, -0.25) is 4.79 Å². The van der Waals surface area contributed by atoms with Crippen molar-refractivity contribution in [3.8, 4) is 0 Å². The number of aliphatic hydroxyl groups is 1. The number of likely N-dealkylation sites (tertiary alicyclic amines) is 1. The van der Waals surface area contributed by atoms with Gasteiger partial charge in [0.25, 0.3) is 0 Å². The Morgan fingerprint density at radius 3 is 2.57 bits per heavy atom. The molecule has 1 saturated carbocycles. The van der Waals surface area contributed by atoms with Crippen molar-refractivity contribution in [1.82, 2.24) is 4.90 Å². The third kappa shape index (κ3) is 2.90. The van der Waals surface area contributed by atoms with Crippen LogP contribution in [0.25, 0.3) is 0 Å². The van der Waals surface area contributed by atoms with Crippen molar-refractivity contribution >= 4 is 23.2 Å². The van der Waals surface area contributed by atoms with Crippen LogP contribution < -0.4 is 0 Å². The molecule has 1 aromatic heterocycles. The lowest BCUT2D eigenvalue weighted by molar-refractivity contribution is -0.0415. The van der Waals surface area contributed by atoms with Crippen LogP contribution in [0.15, 0.2) is 12.1 Å². The predicted octanol–water partition coefficient (Wildman–Crippen LogP) is 3.17. The third-order valence-electron chi connectivity index (χ3n) is 4.64. The number of carbonyl (C=O) groups excluding carboxylic acids is 2. The van der Waals surface area contributed by atoms with Crippen LogP contribution in [-0.4, -0.2) is 40.1 Å². The maximum absolute atomic E-state index is 12.3. The number of hydrogen-bond donors (Lipinski definition) is 1. The number of thiophene rings is 1. The zero-order valence-corrected chi connectivity index (χ0v) is 14.8. The lowest BCUT2D eigenvalue weighted by atomic mass is 9.88. The van der Waals surface area contributed by atoms with Gasteiger partial charge in [-0.2, -0.15) is 0 Å². The maximum atomic E-state index is 12.3. The Hall–Kier alpha value is -1.40. The molecular formula is C17H23NO4S. The van der Waals surface area contributed by atoms with Crippen molar-refractivity contribution in [2.24, 2.45) is 5.92 Å². The molecule has 1 N–H and O–H groups in total. The highest BCUT2D eigenvalue weighted by Crippen LogP contribution is 2.52. The van der Waals surface area contributed by atoms with Crippen LogP contribution in [0.5, 0.6) is 0 Å². The van der Waals surface area contributed by atoms with E-state index in [1.165, 1.54) is 18.3 Å². The van der Waals surface area contributed by atoms with Gasteiger partial charge < -0.3 is 14.7 Å². The predicted molar refractivity (Wildman–Crippen MR) is 87.7 cm³/mol. The molecule has 23 heavy (non-hydrogen) atoms. The smallest absolute Gasteiger partial charge is 0.410 e. The zero-order chi connectivity index (χ0) is 17.0. The van der Waals surface area contributed by atoms with Crippen LogP contribution in [0.4, 0.5) is 4.79 Å². The summed E-state index contributed by atoms with van der Waals surface area (Å²) in [5.74, 6) is 0.0156. The fourth-order valence-electron chi connectivity index (χ4n) is 3.59. The van der Waals surface area contributed by atoms with E-state index in [2.05, 4.69) is 0 Å². The third-order valence-corrected chi connectivity index (χ3v) is 6.00. The van der Waals surface area contributed by atoms with Crippen LogP contribution >= 0.6 is 11.3 Å². The van der Waals surface area contributed by atoms with Crippen molar-refractivity contribution in [3.63, 3.8) is 0 Å². The van der Waals surface area contributed by atoms with E-state index in [1.54, 1.807) is 11.0 Å². The molecule has 1 saturated heterocycles. The van der Waals surface area contributed by atoms with Gasteiger partial charge in [0.05, 0.1) is 4.88 Å². The average molecular weight is 337 g/mol. The van der Waals surface area contributed by atoms with Crippen molar-refractivity contribution < 1.29 is 19.4 Å². The normalized spacial score (nSPS) is 29.9. The molecule has 3 rings (SSSR count). The van der Waals surface area contributed by atoms with E-state index >= 15 is 0 Å². The number of amides is 1. The quantitative estimate of drug-likeness (QED) is 0.842.